The van der Waals surface area contributed by atoms with E-state index in [1.807, 2.05) is 22.6 Å². The number of halogens is 2. The Morgan fingerprint density at radius 2 is 2.14 bits per heavy atom. The summed E-state index contributed by atoms with van der Waals surface area (Å²) in [5.74, 6) is -1.23. The van der Waals surface area contributed by atoms with E-state index in [1.165, 1.54) is 24.4 Å². The number of carbonyl (C=O) groups is 1. The van der Waals surface area contributed by atoms with E-state index in [0.717, 1.165) is 6.07 Å². The Hall–Kier alpha value is -1.94. The van der Waals surface area contributed by atoms with Gasteiger partial charge in [-0.2, -0.15) is 0 Å². The first kappa shape index (κ1) is 15.4. The minimum Gasteiger partial charge on any atom is -0.478 e. The van der Waals surface area contributed by atoms with Crippen LogP contribution in [0.25, 0.3) is 0 Å². The summed E-state index contributed by atoms with van der Waals surface area (Å²) in [4.78, 5) is 25.0. The average Bonchev–Trinajstić information content (AvgIpc) is 2.42. The van der Waals surface area contributed by atoms with E-state index >= 15 is 0 Å². The normalized spacial score (nSPS) is 10.2. The average molecular weight is 421 g/mol. The Balaban J connectivity index is 2.45. The van der Waals surface area contributed by atoms with Crippen LogP contribution in [0.2, 0.25) is 5.02 Å². The minimum atomic E-state index is -1.13. The molecular weight excluding hydrogens is 414 g/mol. The molecule has 0 radical (unpaired) electrons. The van der Waals surface area contributed by atoms with Gasteiger partial charge in [-0.15, -0.1) is 0 Å². The van der Waals surface area contributed by atoms with E-state index in [2.05, 4.69) is 4.98 Å². The smallest absolute Gasteiger partial charge is 0.335 e. The van der Waals surface area contributed by atoms with Crippen LogP contribution in [0, 0.1) is 13.7 Å². The maximum Gasteiger partial charge on any atom is 0.335 e. The molecule has 1 aromatic carbocycles. The molecule has 0 spiro atoms. The van der Waals surface area contributed by atoms with Crippen molar-refractivity contribution in [3.05, 3.63) is 54.7 Å². The second-order valence-electron chi connectivity index (χ2n) is 3.79. The van der Waals surface area contributed by atoms with Gasteiger partial charge in [0.2, 0.25) is 0 Å². The number of hydrogen-bond acceptors (Lipinski definition) is 5. The topological polar surface area (TPSA) is 103 Å². The van der Waals surface area contributed by atoms with Gasteiger partial charge in [0.05, 0.1) is 25.3 Å². The highest BCUT2D eigenvalue weighted by atomic mass is 127. The first-order valence-electron chi connectivity index (χ1n) is 5.39. The third-order valence-electron chi connectivity index (χ3n) is 2.38. The summed E-state index contributed by atoms with van der Waals surface area (Å²) >= 11 is 7.58. The summed E-state index contributed by atoms with van der Waals surface area (Å²) in [6.07, 6.45) is 1.21. The van der Waals surface area contributed by atoms with Crippen molar-refractivity contribution < 1.29 is 19.6 Å². The van der Waals surface area contributed by atoms with E-state index in [9.17, 15) is 14.9 Å². The molecule has 0 atom stereocenters. The summed E-state index contributed by atoms with van der Waals surface area (Å²) in [6.45, 7) is 0. The van der Waals surface area contributed by atoms with Gasteiger partial charge < -0.3 is 9.84 Å². The van der Waals surface area contributed by atoms with Crippen LogP contribution >= 0.6 is 34.2 Å². The molecule has 108 valence electrons. The lowest BCUT2D eigenvalue weighted by Crippen LogP contribution is -2.00. The van der Waals surface area contributed by atoms with Crippen LogP contribution in [0.3, 0.4) is 0 Å². The zero-order valence-corrected chi connectivity index (χ0v) is 13.0. The van der Waals surface area contributed by atoms with Crippen LogP contribution in [0.15, 0.2) is 30.5 Å². The van der Waals surface area contributed by atoms with Gasteiger partial charge in [0.1, 0.15) is 5.75 Å². The van der Waals surface area contributed by atoms with Crippen LogP contribution in [0.1, 0.15) is 10.4 Å². The molecule has 0 aliphatic carbocycles. The summed E-state index contributed by atoms with van der Waals surface area (Å²) < 4.78 is 5.95. The van der Waals surface area contributed by atoms with Crippen molar-refractivity contribution in [3.63, 3.8) is 0 Å². The van der Waals surface area contributed by atoms with Crippen molar-refractivity contribution in [2.75, 3.05) is 0 Å². The Morgan fingerprint density at radius 3 is 2.76 bits per heavy atom. The van der Waals surface area contributed by atoms with E-state index < -0.39 is 16.6 Å². The quantitative estimate of drug-likeness (QED) is 0.459. The molecule has 1 heterocycles. The van der Waals surface area contributed by atoms with Crippen LogP contribution in [-0.2, 0) is 0 Å². The Labute approximate surface area is 136 Å². The van der Waals surface area contributed by atoms with Gasteiger partial charge in [0.25, 0.3) is 5.88 Å². The molecule has 0 bridgehead atoms. The van der Waals surface area contributed by atoms with Crippen molar-refractivity contribution >= 4 is 45.8 Å². The largest absolute Gasteiger partial charge is 0.478 e. The highest BCUT2D eigenvalue weighted by molar-refractivity contribution is 14.1. The van der Waals surface area contributed by atoms with E-state index in [0.29, 0.717) is 3.57 Å². The van der Waals surface area contributed by atoms with E-state index in [4.69, 9.17) is 21.4 Å². The van der Waals surface area contributed by atoms with Gasteiger partial charge in [-0.05, 0) is 40.8 Å². The minimum absolute atomic E-state index is 0.00188. The number of nitrogens with zero attached hydrogens (tertiary/aromatic N) is 2. The van der Waals surface area contributed by atoms with Crippen molar-refractivity contribution in [2.45, 2.75) is 0 Å². The Kier molecular flexibility index (Phi) is 4.58. The Morgan fingerprint density at radius 1 is 1.43 bits per heavy atom. The van der Waals surface area contributed by atoms with Crippen LogP contribution in [-0.4, -0.2) is 21.0 Å². The third-order valence-corrected chi connectivity index (χ3v) is 3.48. The van der Waals surface area contributed by atoms with Crippen molar-refractivity contribution in [2.24, 2.45) is 0 Å². The van der Waals surface area contributed by atoms with Crippen LogP contribution < -0.4 is 4.74 Å². The summed E-state index contributed by atoms with van der Waals surface area (Å²) in [6, 6.07) is 5.31. The fourth-order valence-electron chi connectivity index (χ4n) is 1.44. The molecule has 1 aromatic heterocycles. The van der Waals surface area contributed by atoms with Crippen molar-refractivity contribution in [3.8, 4) is 11.6 Å². The molecule has 1 N–H and O–H groups in total. The number of nitro groups is 1. The first-order chi connectivity index (χ1) is 9.88. The van der Waals surface area contributed by atoms with E-state index in [-0.39, 0.29) is 22.2 Å². The second-order valence-corrected chi connectivity index (χ2v) is 5.39. The van der Waals surface area contributed by atoms with Crippen molar-refractivity contribution in [1.29, 1.82) is 0 Å². The predicted molar refractivity (Wildman–Crippen MR) is 82.1 cm³/mol. The number of aromatic carboxylic acids is 1. The molecular formula is C12H6ClIN2O5. The maximum atomic E-state index is 11.0. The molecule has 0 amide bonds. The first-order valence-corrected chi connectivity index (χ1v) is 6.85. The lowest BCUT2D eigenvalue weighted by Gasteiger charge is -2.08. The molecule has 0 aliphatic heterocycles. The highest BCUT2D eigenvalue weighted by Gasteiger charge is 2.20. The zero-order valence-electron chi connectivity index (χ0n) is 10.1. The lowest BCUT2D eigenvalue weighted by atomic mass is 10.2. The zero-order chi connectivity index (χ0) is 15.6. The highest BCUT2D eigenvalue weighted by Crippen LogP contribution is 2.33. The number of aromatic nitrogens is 1. The van der Waals surface area contributed by atoms with Gasteiger partial charge in [-0.1, -0.05) is 11.6 Å². The number of pyridine rings is 1. The van der Waals surface area contributed by atoms with Gasteiger partial charge in [0, 0.05) is 6.07 Å². The number of carboxylic acid groups (broad SMARTS) is 1. The van der Waals surface area contributed by atoms with Gasteiger partial charge in [-0.3, -0.25) is 10.1 Å². The number of benzene rings is 1. The predicted octanol–water partition coefficient (Wildman–Crippen LogP) is 3.74. The standard InChI is InChI=1S/C12H6ClIN2O5/c13-7-4-9(16(19)20)11(15-5-7)21-10-3-6(12(17)18)1-2-8(10)14/h1-5H,(H,17,18). The molecule has 0 unspecified atom stereocenters. The number of rotatable bonds is 4. The molecule has 9 heteroatoms. The SMILES string of the molecule is O=C(O)c1ccc(I)c(Oc2ncc(Cl)cc2[N+](=O)[O-])c1. The molecule has 0 fully saturated rings. The second kappa shape index (κ2) is 6.22. The number of ether oxygens (including phenoxy) is 1. The van der Waals surface area contributed by atoms with Gasteiger partial charge in [0.15, 0.2) is 0 Å². The maximum absolute atomic E-state index is 11.0. The van der Waals surface area contributed by atoms with Crippen LogP contribution in [0.4, 0.5) is 5.69 Å². The third kappa shape index (κ3) is 3.58. The number of hydrogen-bond donors (Lipinski definition) is 1. The number of carboxylic acids is 1. The molecule has 7 nitrogen and oxygen atoms in total. The van der Waals surface area contributed by atoms with Gasteiger partial charge >= 0.3 is 11.7 Å². The summed E-state index contributed by atoms with van der Waals surface area (Å²) in [5, 5.41) is 20.0. The van der Waals surface area contributed by atoms with Crippen LogP contribution in [0.5, 0.6) is 11.6 Å². The molecule has 21 heavy (non-hydrogen) atoms. The molecule has 0 aliphatic rings. The summed E-state index contributed by atoms with van der Waals surface area (Å²) in [5.41, 5.74) is -0.402. The molecule has 0 saturated heterocycles. The summed E-state index contributed by atoms with van der Waals surface area (Å²) in [7, 11) is 0. The van der Waals surface area contributed by atoms with Crippen molar-refractivity contribution in [1.82, 2.24) is 4.98 Å². The molecule has 2 aromatic rings. The molecule has 0 saturated carbocycles. The fraction of sp³-hybridized carbons (Fsp3) is 0. The Bertz CT molecular complexity index is 738. The molecule has 2 rings (SSSR count). The van der Waals surface area contributed by atoms with E-state index in [1.54, 1.807) is 0 Å². The lowest BCUT2D eigenvalue weighted by molar-refractivity contribution is -0.386. The fourth-order valence-corrected chi connectivity index (χ4v) is 2.04. The van der Waals surface area contributed by atoms with Gasteiger partial charge in [-0.25, -0.2) is 9.78 Å². The monoisotopic (exact) mass is 420 g/mol.